The highest BCUT2D eigenvalue weighted by Crippen LogP contribution is 2.29. The molecule has 0 spiro atoms. The minimum Gasteiger partial charge on any atom is -0.489 e. The summed E-state index contributed by atoms with van der Waals surface area (Å²) in [6.45, 7) is 5.94. The number of imidazole rings is 1. The summed E-state index contributed by atoms with van der Waals surface area (Å²) in [5.74, 6) is 1.42. The van der Waals surface area contributed by atoms with Crippen molar-refractivity contribution in [3.8, 4) is 17.1 Å². The molecule has 1 unspecified atom stereocenters. The van der Waals surface area contributed by atoms with Crippen molar-refractivity contribution in [2.24, 2.45) is 0 Å². The number of hydrogen-bond acceptors (Lipinski definition) is 5. The first-order valence-corrected chi connectivity index (χ1v) is 12.3. The first kappa shape index (κ1) is 25.2. The van der Waals surface area contributed by atoms with Crippen LogP contribution >= 0.6 is 11.6 Å². The number of aliphatic hydroxyl groups is 2. The lowest BCUT2D eigenvalue weighted by molar-refractivity contribution is 0.115. The maximum atomic E-state index is 10.8. The van der Waals surface area contributed by atoms with Crippen molar-refractivity contribution in [2.75, 3.05) is 6.61 Å². The summed E-state index contributed by atoms with van der Waals surface area (Å²) in [5, 5.41) is 24.0. The lowest BCUT2D eigenvalue weighted by Gasteiger charge is -2.23. The molecule has 0 saturated carbocycles. The molecule has 6 nitrogen and oxygen atoms in total. The molecule has 184 valence electrons. The van der Waals surface area contributed by atoms with Crippen LogP contribution in [0.3, 0.4) is 0 Å². The van der Waals surface area contributed by atoms with Crippen molar-refractivity contribution in [2.45, 2.75) is 52.0 Å². The van der Waals surface area contributed by atoms with Gasteiger partial charge >= 0.3 is 0 Å². The number of aryl methyl sites for hydroxylation is 1. The fourth-order valence-electron chi connectivity index (χ4n) is 4.15. The molecule has 0 bridgehead atoms. The average Bonchev–Trinajstić information content (AvgIpc) is 3.26. The van der Waals surface area contributed by atoms with E-state index in [1.165, 1.54) is 0 Å². The average molecular weight is 494 g/mol. The lowest BCUT2D eigenvalue weighted by Crippen LogP contribution is -2.35. The number of rotatable bonds is 10. The predicted molar refractivity (Wildman–Crippen MR) is 141 cm³/mol. The van der Waals surface area contributed by atoms with Crippen LogP contribution in [-0.2, 0) is 6.42 Å². The highest BCUT2D eigenvalue weighted by Gasteiger charge is 2.17. The summed E-state index contributed by atoms with van der Waals surface area (Å²) in [5.41, 5.74) is 5.89. The van der Waals surface area contributed by atoms with E-state index in [1.807, 2.05) is 38.1 Å². The second-order valence-electron chi connectivity index (χ2n) is 9.09. The van der Waals surface area contributed by atoms with Crippen molar-refractivity contribution in [3.05, 3.63) is 82.4 Å². The second kappa shape index (κ2) is 11.2. The number of hydrogen-bond donors (Lipinski definition) is 4. The molecule has 4 aromatic rings. The monoisotopic (exact) mass is 493 g/mol. The van der Waals surface area contributed by atoms with E-state index < -0.39 is 6.23 Å². The van der Waals surface area contributed by atoms with Gasteiger partial charge < -0.3 is 19.9 Å². The zero-order valence-electron chi connectivity index (χ0n) is 20.3. The Labute approximate surface area is 210 Å². The van der Waals surface area contributed by atoms with E-state index in [2.05, 4.69) is 35.4 Å². The van der Waals surface area contributed by atoms with E-state index in [0.29, 0.717) is 29.2 Å². The molecule has 0 aliphatic carbocycles. The van der Waals surface area contributed by atoms with E-state index in [-0.39, 0.29) is 18.8 Å². The van der Waals surface area contributed by atoms with Crippen molar-refractivity contribution in [1.82, 2.24) is 15.3 Å². The topological polar surface area (TPSA) is 90.4 Å². The third-order valence-corrected chi connectivity index (χ3v) is 6.22. The van der Waals surface area contributed by atoms with Crippen LogP contribution in [-0.4, -0.2) is 38.9 Å². The first-order valence-electron chi connectivity index (χ1n) is 11.9. The molecule has 0 fully saturated rings. The molecular weight excluding hydrogens is 462 g/mol. The Bertz CT molecular complexity index is 1270. The summed E-state index contributed by atoms with van der Waals surface area (Å²) in [4.78, 5) is 8.14. The van der Waals surface area contributed by atoms with Gasteiger partial charge in [0.05, 0.1) is 22.2 Å². The van der Waals surface area contributed by atoms with Gasteiger partial charge in [-0.25, -0.2) is 4.98 Å². The molecule has 0 amide bonds. The minimum absolute atomic E-state index is 0.0117. The van der Waals surface area contributed by atoms with E-state index in [0.717, 1.165) is 33.5 Å². The predicted octanol–water partition coefficient (Wildman–Crippen LogP) is 5.55. The molecule has 0 aliphatic heterocycles. The lowest BCUT2D eigenvalue weighted by atomic mass is 10.0. The number of ether oxygens (including phenoxy) is 1. The molecule has 4 rings (SSSR count). The maximum Gasteiger partial charge on any atom is 0.138 e. The van der Waals surface area contributed by atoms with E-state index in [9.17, 15) is 10.2 Å². The molecular formula is C28H32ClN3O3. The molecule has 3 aromatic carbocycles. The van der Waals surface area contributed by atoms with E-state index in [1.54, 1.807) is 18.2 Å². The Morgan fingerprint density at radius 3 is 2.51 bits per heavy atom. The summed E-state index contributed by atoms with van der Waals surface area (Å²) in [6, 6.07) is 19.4. The third-order valence-electron chi connectivity index (χ3n) is 5.93. The van der Waals surface area contributed by atoms with Crippen molar-refractivity contribution in [1.29, 1.82) is 0 Å². The number of H-pyrrole nitrogens is 1. The van der Waals surface area contributed by atoms with Gasteiger partial charge in [0.15, 0.2) is 0 Å². The van der Waals surface area contributed by atoms with Gasteiger partial charge in [0, 0.05) is 18.2 Å². The normalized spacial score (nSPS) is 13.3. The number of benzene rings is 3. The number of aromatic nitrogens is 2. The number of halogens is 1. The number of para-hydroxylation sites is 1. The number of nitrogens with zero attached hydrogens (tertiary/aromatic N) is 1. The highest BCUT2D eigenvalue weighted by atomic mass is 35.5. The Morgan fingerprint density at radius 2 is 1.86 bits per heavy atom. The van der Waals surface area contributed by atoms with Gasteiger partial charge in [-0.05, 0) is 68.5 Å². The van der Waals surface area contributed by atoms with Crippen molar-refractivity contribution in [3.63, 3.8) is 0 Å². The highest BCUT2D eigenvalue weighted by molar-refractivity contribution is 6.32. The number of fused-ring (bicyclic) bond motifs is 1. The molecule has 1 aromatic heterocycles. The van der Waals surface area contributed by atoms with Gasteiger partial charge in [-0.2, -0.15) is 0 Å². The number of aliphatic hydroxyl groups excluding tert-OH is 2. The first-order chi connectivity index (χ1) is 16.8. The molecule has 0 saturated heterocycles. The van der Waals surface area contributed by atoms with Gasteiger partial charge in [0.25, 0.3) is 0 Å². The van der Waals surface area contributed by atoms with E-state index >= 15 is 0 Å². The van der Waals surface area contributed by atoms with Crippen molar-refractivity contribution >= 4 is 22.6 Å². The van der Waals surface area contributed by atoms with Crippen LogP contribution in [0.5, 0.6) is 5.75 Å². The Morgan fingerprint density at radius 1 is 1.09 bits per heavy atom. The Balaban J connectivity index is 1.44. The Hall–Kier alpha value is -2.90. The fourth-order valence-corrected chi connectivity index (χ4v) is 4.39. The van der Waals surface area contributed by atoms with Crippen molar-refractivity contribution < 1.29 is 14.9 Å². The zero-order chi connectivity index (χ0) is 24.9. The van der Waals surface area contributed by atoms with Crippen LogP contribution in [0.2, 0.25) is 5.02 Å². The second-order valence-corrected chi connectivity index (χ2v) is 9.50. The van der Waals surface area contributed by atoms with Crippen LogP contribution < -0.4 is 10.1 Å². The number of nitrogens with one attached hydrogen (secondary N) is 2. The van der Waals surface area contributed by atoms with Crippen LogP contribution in [0.15, 0.2) is 60.7 Å². The smallest absolute Gasteiger partial charge is 0.138 e. The largest absolute Gasteiger partial charge is 0.489 e. The molecule has 7 heteroatoms. The van der Waals surface area contributed by atoms with Gasteiger partial charge in [-0.1, -0.05) is 54.1 Å². The fraction of sp³-hybridized carbons (Fsp3) is 0.321. The molecule has 1 heterocycles. The maximum absolute atomic E-state index is 10.8. The molecule has 35 heavy (non-hydrogen) atoms. The Kier molecular flexibility index (Phi) is 8.08. The summed E-state index contributed by atoms with van der Waals surface area (Å²) in [7, 11) is 0. The standard InChI is InChI=1S/C28H32ClN3O3/c1-17(2)35-25-12-11-21(16-23(25)29)28(34)30-22(13-14-33)15-19-7-9-20(10-8-19)27-31-24-6-4-5-18(3)26(24)32-27/h4-12,16-17,22,28,30,33-34H,13-15H2,1-3H3,(H,31,32)/t22-,28?/m1/s1. The summed E-state index contributed by atoms with van der Waals surface area (Å²) in [6.07, 6.45) is 0.247. The third kappa shape index (κ3) is 6.21. The summed E-state index contributed by atoms with van der Waals surface area (Å²) < 4.78 is 5.67. The molecule has 4 N–H and O–H groups in total. The van der Waals surface area contributed by atoms with Crippen LogP contribution in [0.1, 0.15) is 43.2 Å². The van der Waals surface area contributed by atoms with Gasteiger partial charge in [0.1, 0.15) is 17.8 Å². The van der Waals surface area contributed by atoms with Gasteiger partial charge in [-0.15, -0.1) is 0 Å². The van der Waals surface area contributed by atoms with Crippen LogP contribution in [0.4, 0.5) is 0 Å². The van der Waals surface area contributed by atoms with Crippen LogP contribution in [0.25, 0.3) is 22.4 Å². The quantitative estimate of drug-likeness (QED) is 0.217. The zero-order valence-corrected chi connectivity index (χ0v) is 21.0. The van der Waals surface area contributed by atoms with E-state index in [4.69, 9.17) is 21.3 Å². The van der Waals surface area contributed by atoms with Gasteiger partial charge in [0.2, 0.25) is 0 Å². The molecule has 2 atom stereocenters. The SMILES string of the molecule is Cc1cccc2[nH]c(-c3ccc(C[C@@H](CCO)NC(O)c4ccc(OC(C)C)c(Cl)c4)cc3)nc12. The van der Waals surface area contributed by atoms with Crippen LogP contribution in [0, 0.1) is 6.92 Å². The number of aromatic amines is 1. The molecule has 0 radical (unpaired) electrons. The molecule has 0 aliphatic rings. The minimum atomic E-state index is -0.921. The van der Waals surface area contributed by atoms with Gasteiger partial charge in [-0.3, -0.25) is 5.32 Å². The summed E-state index contributed by atoms with van der Waals surface area (Å²) >= 11 is 6.33.